The topological polar surface area (TPSA) is 59.4 Å². The summed E-state index contributed by atoms with van der Waals surface area (Å²) in [5.41, 5.74) is 2.43. The predicted octanol–water partition coefficient (Wildman–Crippen LogP) is 0.785. The van der Waals surface area contributed by atoms with Gasteiger partial charge in [-0.15, -0.1) is 11.3 Å². The molecule has 0 fully saturated rings. The van der Waals surface area contributed by atoms with Crippen LogP contribution in [0.3, 0.4) is 0 Å². The van der Waals surface area contributed by atoms with Crippen LogP contribution in [0.25, 0.3) is 0 Å². The fourth-order valence-electron chi connectivity index (χ4n) is 0.800. The van der Waals surface area contributed by atoms with Gasteiger partial charge in [0.05, 0.1) is 11.2 Å². The maximum Gasteiger partial charge on any atom is 0.333 e. The lowest BCUT2D eigenvalue weighted by molar-refractivity contribution is -0.148. The molecule has 1 aromatic heterocycles. The molecule has 0 saturated carbocycles. The molecule has 0 radical (unpaired) electrons. The molecule has 1 atom stereocenters. The zero-order chi connectivity index (χ0) is 8.97. The number of carboxylic acids is 1. The van der Waals surface area contributed by atoms with Crippen molar-refractivity contribution in [3.63, 3.8) is 0 Å². The van der Waals surface area contributed by atoms with E-state index < -0.39 is 12.1 Å². The molecular weight excluding hydrogens is 178 g/mol. The fraction of sp³-hybridized carbons (Fsp3) is 0.429. The zero-order valence-corrected chi connectivity index (χ0v) is 7.37. The molecule has 4 nitrogen and oxygen atoms in total. The summed E-state index contributed by atoms with van der Waals surface area (Å²) >= 11 is 1.44. The van der Waals surface area contributed by atoms with Crippen molar-refractivity contribution < 1.29 is 14.6 Å². The minimum absolute atomic E-state index is 0.329. The van der Waals surface area contributed by atoms with Crippen molar-refractivity contribution in [2.24, 2.45) is 0 Å². The number of carboxylic acid groups (broad SMARTS) is 1. The van der Waals surface area contributed by atoms with E-state index in [0.29, 0.717) is 6.42 Å². The molecule has 1 N–H and O–H groups in total. The first kappa shape index (κ1) is 9.15. The minimum Gasteiger partial charge on any atom is -0.479 e. The van der Waals surface area contributed by atoms with Crippen molar-refractivity contribution in [2.75, 3.05) is 7.11 Å². The SMILES string of the molecule is COC(Cc1cscn1)C(=O)O. The highest BCUT2D eigenvalue weighted by molar-refractivity contribution is 7.07. The van der Waals surface area contributed by atoms with Crippen LogP contribution in [-0.4, -0.2) is 29.3 Å². The van der Waals surface area contributed by atoms with Crippen LogP contribution < -0.4 is 0 Å². The van der Waals surface area contributed by atoms with Crippen LogP contribution in [0.4, 0.5) is 0 Å². The number of ether oxygens (including phenoxy) is 1. The van der Waals surface area contributed by atoms with E-state index in [1.807, 2.05) is 5.38 Å². The van der Waals surface area contributed by atoms with E-state index in [1.165, 1.54) is 18.4 Å². The van der Waals surface area contributed by atoms with Crippen molar-refractivity contribution in [1.82, 2.24) is 4.98 Å². The van der Waals surface area contributed by atoms with Gasteiger partial charge in [-0.25, -0.2) is 9.78 Å². The van der Waals surface area contributed by atoms with E-state index in [1.54, 1.807) is 5.51 Å². The Hall–Kier alpha value is -0.940. The number of carbonyl (C=O) groups is 1. The average molecular weight is 187 g/mol. The van der Waals surface area contributed by atoms with Crippen LogP contribution in [-0.2, 0) is 16.0 Å². The van der Waals surface area contributed by atoms with Gasteiger partial charge in [0.25, 0.3) is 0 Å². The highest BCUT2D eigenvalue weighted by Gasteiger charge is 2.17. The zero-order valence-electron chi connectivity index (χ0n) is 6.56. The summed E-state index contributed by atoms with van der Waals surface area (Å²) < 4.78 is 4.75. The van der Waals surface area contributed by atoms with Crippen molar-refractivity contribution in [1.29, 1.82) is 0 Å². The Balaban J connectivity index is 2.54. The lowest BCUT2D eigenvalue weighted by Crippen LogP contribution is -2.24. The minimum atomic E-state index is -0.953. The highest BCUT2D eigenvalue weighted by Crippen LogP contribution is 2.06. The van der Waals surface area contributed by atoms with Gasteiger partial charge in [-0.2, -0.15) is 0 Å². The smallest absolute Gasteiger partial charge is 0.333 e. The quantitative estimate of drug-likeness (QED) is 0.756. The largest absolute Gasteiger partial charge is 0.479 e. The Morgan fingerprint density at radius 3 is 3.08 bits per heavy atom. The molecule has 0 aliphatic carbocycles. The van der Waals surface area contributed by atoms with Gasteiger partial charge in [-0.05, 0) is 0 Å². The Bertz CT molecular complexity index is 247. The Labute approximate surface area is 73.8 Å². The maximum atomic E-state index is 10.5. The van der Waals surface area contributed by atoms with Gasteiger partial charge >= 0.3 is 5.97 Å². The Morgan fingerprint density at radius 2 is 2.67 bits per heavy atom. The molecule has 0 bridgehead atoms. The third-order valence-electron chi connectivity index (χ3n) is 1.44. The first-order valence-electron chi connectivity index (χ1n) is 3.36. The van der Waals surface area contributed by atoms with E-state index >= 15 is 0 Å². The molecule has 0 aliphatic heterocycles. The number of aliphatic carboxylic acids is 1. The molecule has 66 valence electrons. The number of hydrogen-bond acceptors (Lipinski definition) is 4. The molecule has 0 amide bonds. The molecular formula is C7H9NO3S. The van der Waals surface area contributed by atoms with Gasteiger partial charge in [0.2, 0.25) is 0 Å². The fourth-order valence-corrected chi connectivity index (χ4v) is 1.37. The normalized spacial score (nSPS) is 12.8. The van der Waals surface area contributed by atoms with Crippen LogP contribution in [0, 0.1) is 0 Å². The molecule has 12 heavy (non-hydrogen) atoms. The van der Waals surface area contributed by atoms with E-state index in [-0.39, 0.29) is 0 Å². The first-order valence-corrected chi connectivity index (χ1v) is 4.31. The summed E-state index contributed by atoms with van der Waals surface area (Å²) in [7, 11) is 1.38. The van der Waals surface area contributed by atoms with Crippen molar-refractivity contribution in [2.45, 2.75) is 12.5 Å². The monoisotopic (exact) mass is 187 g/mol. The number of hydrogen-bond donors (Lipinski definition) is 1. The lowest BCUT2D eigenvalue weighted by atomic mass is 10.2. The molecule has 0 spiro atoms. The standard InChI is InChI=1S/C7H9NO3S/c1-11-6(7(9)10)2-5-3-12-4-8-5/h3-4,6H,2H2,1H3,(H,9,10). The second-order valence-electron chi connectivity index (χ2n) is 2.25. The number of nitrogens with zero attached hydrogens (tertiary/aromatic N) is 1. The molecule has 5 heteroatoms. The molecule has 0 aromatic carbocycles. The molecule has 0 aliphatic rings. The van der Waals surface area contributed by atoms with Crippen LogP contribution in [0.2, 0.25) is 0 Å². The van der Waals surface area contributed by atoms with Crippen LogP contribution in [0.15, 0.2) is 10.9 Å². The van der Waals surface area contributed by atoms with E-state index in [4.69, 9.17) is 9.84 Å². The highest BCUT2D eigenvalue weighted by atomic mass is 32.1. The summed E-state index contributed by atoms with van der Waals surface area (Å²) in [6.07, 6.45) is -0.456. The summed E-state index contributed by atoms with van der Waals surface area (Å²) in [6.45, 7) is 0. The Morgan fingerprint density at radius 1 is 1.92 bits per heavy atom. The number of rotatable bonds is 4. The maximum absolute atomic E-state index is 10.5. The molecule has 1 heterocycles. The average Bonchev–Trinajstić information content (AvgIpc) is 2.51. The molecule has 1 rings (SSSR count). The predicted molar refractivity (Wildman–Crippen MR) is 44.3 cm³/mol. The van der Waals surface area contributed by atoms with Crippen LogP contribution in [0.5, 0.6) is 0 Å². The summed E-state index contributed by atoms with van der Waals surface area (Å²) in [5, 5.41) is 10.4. The second kappa shape index (κ2) is 4.18. The summed E-state index contributed by atoms with van der Waals surface area (Å²) in [6, 6.07) is 0. The third-order valence-corrected chi connectivity index (χ3v) is 2.07. The number of methoxy groups -OCH3 is 1. The van der Waals surface area contributed by atoms with Crippen LogP contribution >= 0.6 is 11.3 Å². The Kier molecular flexibility index (Phi) is 3.19. The van der Waals surface area contributed by atoms with Crippen LogP contribution in [0.1, 0.15) is 5.69 Å². The van der Waals surface area contributed by atoms with E-state index in [9.17, 15) is 4.79 Å². The summed E-state index contributed by atoms with van der Waals surface area (Å²) in [4.78, 5) is 14.5. The second-order valence-corrected chi connectivity index (χ2v) is 2.97. The number of aromatic nitrogens is 1. The van der Waals surface area contributed by atoms with Crippen molar-refractivity contribution in [3.8, 4) is 0 Å². The lowest BCUT2D eigenvalue weighted by Gasteiger charge is -2.07. The molecule has 0 saturated heterocycles. The molecule has 1 unspecified atom stereocenters. The van der Waals surface area contributed by atoms with Gasteiger partial charge < -0.3 is 9.84 Å². The molecule has 1 aromatic rings. The van der Waals surface area contributed by atoms with Gasteiger partial charge in [0, 0.05) is 18.9 Å². The summed E-state index contributed by atoms with van der Waals surface area (Å²) in [5.74, 6) is -0.953. The third kappa shape index (κ3) is 2.28. The number of thiazole rings is 1. The van der Waals surface area contributed by atoms with Gasteiger partial charge in [-0.1, -0.05) is 0 Å². The van der Waals surface area contributed by atoms with Gasteiger partial charge in [0.1, 0.15) is 0 Å². The van der Waals surface area contributed by atoms with Crippen molar-refractivity contribution >= 4 is 17.3 Å². The van der Waals surface area contributed by atoms with Gasteiger partial charge in [0.15, 0.2) is 6.10 Å². The van der Waals surface area contributed by atoms with Gasteiger partial charge in [-0.3, -0.25) is 0 Å². The van der Waals surface area contributed by atoms with E-state index in [0.717, 1.165) is 5.69 Å². The van der Waals surface area contributed by atoms with Crippen molar-refractivity contribution in [3.05, 3.63) is 16.6 Å². The van der Waals surface area contributed by atoms with E-state index in [2.05, 4.69) is 4.98 Å². The first-order chi connectivity index (χ1) is 5.74.